The summed E-state index contributed by atoms with van der Waals surface area (Å²) in [4.78, 5) is 13.7. The first kappa shape index (κ1) is 16.4. The lowest BCUT2D eigenvalue weighted by Crippen LogP contribution is -2.46. The molecule has 0 spiro atoms. The number of carbonyl (C=O) groups excluding carboxylic acids is 1. The number of esters is 1. The van der Waals surface area contributed by atoms with Crippen molar-refractivity contribution in [2.24, 2.45) is 5.73 Å². The molecule has 0 amide bonds. The second-order valence-electron chi connectivity index (χ2n) is 4.65. The van der Waals surface area contributed by atoms with Gasteiger partial charge in [0.05, 0.1) is 6.61 Å². The Bertz CT molecular complexity index is 208. The van der Waals surface area contributed by atoms with E-state index >= 15 is 0 Å². The Hall–Kier alpha value is -0.610. The Labute approximate surface area is 105 Å². The SMILES string of the molecule is CCCCCN(CC(N)C(=O)OCC)C(C)C. The fourth-order valence-corrected chi connectivity index (χ4v) is 1.70. The lowest BCUT2D eigenvalue weighted by molar-refractivity contribution is -0.145. The molecule has 0 rings (SSSR count). The second kappa shape index (κ2) is 9.42. The Morgan fingerprint density at radius 3 is 2.41 bits per heavy atom. The van der Waals surface area contributed by atoms with Crippen LogP contribution in [-0.4, -0.2) is 42.6 Å². The van der Waals surface area contributed by atoms with Crippen molar-refractivity contribution in [1.29, 1.82) is 0 Å². The van der Waals surface area contributed by atoms with Crippen molar-refractivity contribution in [3.63, 3.8) is 0 Å². The van der Waals surface area contributed by atoms with Crippen LogP contribution in [0.5, 0.6) is 0 Å². The fourth-order valence-electron chi connectivity index (χ4n) is 1.70. The average molecular weight is 244 g/mol. The van der Waals surface area contributed by atoms with Crippen molar-refractivity contribution in [2.75, 3.05) is 19.7 Å². The summed E-state index contributed by atoms with van der Waals surface area (Å²) in [7, 11) is 0. The Balaban J connectivity index is 4.09. The maximum absolute atomic E-state index is 11.5. The Morgan fingerprint density at radius 2 is 1.94 bits per heavy atom. The van der Waals surface area contributed by atoms with Gasteiger partial charge in [0.25, 0.3) is 0 Å². The van der Waals surface area contributed by atoms with E-state index in [2.05, 4.69) is 25.7 Å². The minimum absolute atomic E-state index is 0.298. The first-order valence-corrected chi connectivity index (χ1v) is 6.69. The van der Waals surface area contributed by atoms with E-state index in [1.165, 1.54) is 12.8 Å². The molecule has 0 heterocycles. The zero-order valence-electron chi connectivity index (χ0n) is 11.7. The zero-order valence-corrected chi connectivity index (χ0v) is 11.7. The average Bonchev–Trinajstić information content (AvgIpc) is 2.27. The van der Waals surface area contributed by atoms with Crippen LogP contribution in [0.3, 0.4) is 0 Å². The van der Waals surface area contributed by atoms with Crippen LogP contribution in [0.1, 0.15) is 47.0 Å². The molecule has 4 nitrogen and oxygen atoms in total. The van der Waals surface area contributed by atoms with E-state index in [4.69, 9.17) is 10.5 Å². The van der Waals surface area contributed by atoms with Gasteiger partial charge in [-0.1, -0.05) is 19.8 Å². The number of rotatable bonds is 9. The minimum atomic E-state index is -0.529. The van der Waals surface area contributed by atoms with Gasteiger partial charge in [-0.05, 0) is 33.7 Å². The van der Waals surface area contributed by atoms with Crippen LogP contribution >= 0.6 is 0 Å². The molecule has 0 aromatic carbocycles. The molecule has 0 saturated heterocycles. The molecule has 0 saturated carbocycles. The van der Waals surface area contributed by atoms with Crippen LogP contribution in [-0.2, 0) is 9.53 Å². The number of hydrogen-bond acceptors (Lipinski definition) is 4. The highest BCUT2D eigenvalue weighted by molar-refractivity contribution is 5.75. The van der Waals surface area contributed by atoms with Crippen molar-refractivity contribution >= 4 is 5.97 Å². The predicted octanol–water partition coefficient (Wildman–Crippen LogP) is 1.78. The number of nitrogens with zero attached hydrogens (tertiary/aromatic N) is 1. The van der Waals surface area contributed by atoms with Crippen molar-refractivity contribution in [3.8, 4) is 0 Å². The van der Waals surface area contributed by atoms with E-state index in [-0.39, 0.29) is 5.97 Å². The number of ether oxygens (including phenoxy) is 1. The van der Waals surface area contributed by atoms with Gasteiger partial charge >= 0.3 is 5.97 Å². The summed E-state index contributed by atoms with van der Waals surface area (Å²) in [5.41, 5.74) is 5.83. The zero-order chi connectivity index (χ0) is 13.3. The minimum Gasteiger partial charge on any atom is -0.465 e. The van der Waals surface area contributed by atoms with Gasteiger partial charge in [0.15, 0.2) is 0 Å². The molecular formula is C13H28N2O2. The van der Waals surface area contributed by atoms with Crippen molar-refractivity contribution in [3.05, 3.63) is 0 Å². The normalized spacial score (nSPS) is 13.1. The van der Waals surface area contributed by atoms with Crippen LogP contribution in [0.15, 0.2) is 0 Å². The molecule has 0 aliphatic carbocycles. The van der Waals surface area contributed by atoms with E-state index in [0.717, 1.165) is 13.0 Å². The number of carbonyl (C=O) groups is 1. The highest BCUT2D eigenvalue weighted by Crippen LogP contribution is 2.04. The molecule has 102 valence electrons. The first-order chi connectivity index (χ1) is 8.02. The van der Waals surface area contributed by atoms with Gasteiger partial charge in [-0.2, -0.15) is 0 Å². The molecular weight excluding hydrogens is 216 g/mol. The largest absolute Gasteiger partial charge is 0.465 e. The molecule has 0 aromatic heterocycles. The molecule has 1 atom stereocenters. The van der Waals surface area contributed by atoms with Gasteiger partial charge in [0.2, 0.25) is 0 Å². The molecule has 17 heavy (non-hydrogen) atoms. The van der Waals surface area contributed by atoms with Gasteiger partial charge in [-0.15, -0.1) is 0 Å². The maximum Gasteiger partial charge on any atom is 0.324 e. The van der Waals surface area contributed by atoms with Crippen LogP contribution < -0.4 is 5.73 Å². The van der Waals surface area contributed by atoms with E-state index < -0.39 is 6.04 Å². The van der Waals surface area contributed by atoms with Gasteiger partial charge in [0, 0.05) is 12.6 Å². The molecule has 0 radical (unpaired) electrons. The standard InChI is InChI=1S/C13H28N2O2/c1-5-7-8-9-15(11(3)4)10-12(14)13(16)17-6-2/h11-12H,5-10,14H2,1-4H3. The third kappa shape index (κ3) is 7.34. The van der Waals surface area contributed by atoms with Crippen molar-refractivity contribution in [2.45, 2.75) is 59.0 Å². The third-order valence-electron chi connectivity index (χ3n) is 2.80. The number of nitrogens with two attached hydrogens (primary N) is 1. The maximum atomic E-state index is 11.5. The van der Waals surface area contributed by atoms with E-state index in [1.807, 2.05) is 0 Å². The fraction of sp³-hybridized carbons (Fsp3) is 0.923. The summed E-state index contributed by atoms with van der Waals surface area (Å²) < 4.78 is 4.92. The second-order valence-corrected chi connectivity index (χ2v) is 4.65. The summed E-state index contributed by atoms with van der Waals surface area (Å²) in [5.74, 6) is -0.298. The van der Waals surface area contributed by atoms with Crippen molar-refractivity contribution < 1.29 is 9.53 Å². The van der Waals surface area contributed by atoms with E-state index in [1.54, 1.807) is 6.92 Å². The highest BCUT2D eigenvalue weighted by atomic mass is 16.5. The van der Waals surface area contributed by atoms with Crippen LogP contribution in [0.2, 0.25) is 0 Å². The predicted molar refractivity (Wildman–Crippen MR) is 70.8 cm³/mol. The first-order valence-electron chi connectivity index (χ1n) is 6.69. The summed E-state index contributed by atoms with van der Waals surface area (Å²) in [6.07, 6.45) is 3.58. The summed E-state index contributed by atoms with van der Waals surface area (Å²) in [6.45, 7) is 10.2. The molecule has 0 aliphatic heterocycles. The molecule has 0 aliphatic rings. The van der Waals surface area contributed by atoms with Crippen LogP contribution in [0, 0.1) is 0 Å². The molecule has 4 heteroatoms. The quantitative estimate of drug-likeness (QED) is 0.496. The van der Waals surface area contributed by atoms with Gasteiger partial charge in [-0.25, -0.2) is 0 Å². The third-order valence-corrected chi connectivity index (χ3v) is 2.80. The van der Waals surface area contributed by atoms with Gasteiger partial charge in [-0.3, -0.25) is 9.69 Å². The van der Waals surface area contributed by atoms with Crippen LogP contribution in [0.25, 0.3) is 0 Å². The Kier molecular flexibility index (Phi) is 9.09. The van der Waals surface area contributed by atoms with Gasteiger partial charge in [0.1, 0.15) is 6.04 Å². The topological polar surface area (TPSA) is 55.6 Å². The number of hydrogen-bond donors (Lipinski definition) is 1. The summed E-state index contributed by atoms with van der Waals surface area (Å²) >= 11 is 0. The lowest BCUT2D eigenvalue weighted by atomic mass is 10.2. The smallest absolute Gasteiger partial charge is 0.324 e. The molecule has 1 unspecified atom stereocenters. The summed E-state index contributed by atoms with van der Waals surface area (Å²) in [6, 6.07) is -0.119. The van der Waals surface area contributed by atoms with E-state index in [0.29, 0.717) is 19.2 Å². The Morgan fingerprint density at radius 1 is 1.29 bits per heavy atom. The van der Waals surface area contributed by atoms with Gasteiger partial charge < -0.3 is 10.5 Å². The molecule has 0 fully saturated rings. The lowest BCUT2D eigenvalue weighted by Gasteiger charge is -2.28. The van der Waals surface area contributed by atoms with E-state index in [9.17, 15) is 4.79 Å². The molecule has 0 bridgehead atoms. The highest BCUT2D eigenvalue weighted by Gasteiger charge is 2.19. The van der Waals surface area contributed by atoms with Crippen LogP contribution in [0.4, 0.5) is 0 Å². The monoisotopic (exact) mass is 244 g/mol. The number of unbranched alkanes of at least 4 members (excludes halogenated alkanes) is 2. The molecule has 2 N–H and O–H groups in total. The van der Waals surface area contributed by atoms with Crippen molar-refractivity contribution in [1.82, 2.24) is 4.90 Å². The molecule has 0 aromatic rings. The summed E-state index contributed by atoms with van der Waals surface area (Å²) in [5, 5.41) is 0.